The van der Waals surface area contributed by atoms with Crippen molar-refractivity contribution in [3.05, 3.63) is 35.4 Å². The monoisotopic (exact) mass is 387 g/mol. The van der Waals surface area contributed by atoms with Crippen molar-refractivity contribution in [3.63, 3.8) is 0 Å². The second-order valence-electron chi connectivity index (χ2n) is 5.49. The maximum absolute atomic E-state index is 5.94. The summed E-state index contributed by atoms with van der Waals surface area (Å²) in [5.74, 6) is 0.611. The molecule has 0 bridgehead atoms. The molecule has 0 aliphatic heterocycles. The maximum Gasteiger partial charge on any atom is 0.188 e. The molecule has 1 aromatic carbocycles. The fourth-order valence-corrected chi connectivity index (χ4v) is 2.67. The Morgan fingerprint density at radius 1 is 1.30 bits per heavy atom. The molecule has 0 spiro atoms. The second-order valence-corrected chi connectivity index (χ2v) is 5.49. The van der Waals surface area contributed by atoms with Gasteiger partial charge in [-0.25, -0.2) is 0 Å². The number of guanidine groups is 1. The number of hydrogen-bond donors (Lipinski definition) is 2. The van der Waals surface area contributed by atoms with Crippen LogP contribution < -0.4 is 11.1 Å². The zero-order chi connectivity index (χ0) is 13.5. The lowest BCUT2D eigenvalue weighted by molar-refractivity contribution is 0.412. The first-order chi connectivity index (χ1) is 9.24. The summed E-state index contributed by atoms with van der Waals surface area (Å²) in [6, 6.07) is 9.11. The molecule has 0 amide bonds. The number of aryl methyl sites for hydroxylation is 1. The first-order valence-electron chi connectivity index (χ1n) is 7.36. The molecule has 1 saturated carbocycles. The lowest BCUT2D eigenvalue weighted by atomic mass is 9.96. The lowest BCUT2D eigenvalue weighted by Gasteiger charge is -2.23. The highest BCUT2D eigenvalue weighted by Gasteiger charge is 2.12. The lowest BCUT2D eigenvalue weighted by Crippen LogP contribution is -2.41. The van der Waals surface area contributed by atoms with Gasteiger partial charge in [0.2, 0.25) is 0 Å². The molecular weight excluding hydrogens is 361 g/mol. The summed E-state index contributed by atoms with van der Waals surface area (Å²) < 4.78 is 0. The summed E-state index contributed by atoms with van der Waals surface area (Å²) in [5, 5.41) is 3.34. The van der Waals surface area contributed by atoms with Crippen molar-refractivity contribution >= 4 is 29.9 Å². The van der Waals surface area contributed by atoms with E-state index in [0.29, 0.717) is 12.0 Å². The van der Waals surface area contributed by atoms with E-state index in [1.165, 1.54) is 43.2 Å². The van der Waals surface area contributed by atoms with Crippen LogP contribution in [0.1, 0.15) is 43.2 Å². The predicted molar refractivity (Wildman–Crippen MR) is 96.8 cm³/mol. The molecular formula is C16H26IN3. The van der Waals surface area contributed by atoms with Gasteiger partial charge in [-0.15, -0.1) is 24.0 Å². The number of halogens is 1. The van der Waals surface area contributed by atoms with Crippen molar-refractivity contribution in [3.8, 4) is 0 Å². The summed E-state index contributed by atoms with van der Waals surface area (Å²) in [6.07, 6.45) is 7.40. The largest absolute Gasteiger partial charge is 0.370 e. The smallest absolute Gasteiger partial charge is 0.188 e. The number of nitrogens with zero attached hydrogens (tertiary/aromatic N) is 1. The summed E-state index contributed by atoms with van der Waals surface area (Å²) in [5.41, 5.74) is 8.57. The molecule has 3 N–H and O–H groups in total. The third-order valence-electron chi connectivity index (χ3n) is 3.72. The molecule has 0 atom stereocenters. The quantitative estimate of drug-likeness (QED) is 0.473. The van der Waals surface area contributed by atoms with Gasteiger partial charge in [0, 0.05) is 12.6 Å². The molecule has 112 valence electrons. The van der Waals surface area contributed by atoms with Crippen molar-refractivity contribution in [1.29, 1.82) is 0 Å². The molecule has 4 heteroatoms. The highest BCUT2D eigenvalue weighted by molar-refractivity contribution is 14.0. The van der Waals surface area contributed by atoms with E-state index in [4.69, 9.17) is 5.73 Å². The van der Waals surface area contributed by atoms with E-state index < -0.39 is 0 Å². The predicted octanol–water partition coefficient (Wildman–Crippen LogP) is 3.39. The zero-order valence-corrected chi connectivity index (χ0v) is 14.6. The highest BCUT2D eigenvalue weighted by atomic mass is 127. The summed E-state index contributed by atoms with van der Waals surface area (Å²) in [6.45, 7) is 2.88. The number of aliphatic imine (C=N–C) groups is 1. The van der Waals surface area contributed by atoms with Crippen LogP contribution in [-0.2, 0) is 6.42 Å². The van der Waals surface area contributed by atoms with E-state index in [-0.39, 0.29) is 24.0 Å². The Morgan fingerprint density at radius 2 is 2.05 bits per heavy atom. The van der Waals surface area contributed by atoms with Crippen LogP contribution in [0.5, 0.6) is 0 Å². The average molecular weight is 387 g/mol. The van der Waals surface area contributed by atoms with E-state index >= 15 is 0 Å². The van der Waals surface area contributed by atoms with E-state index in [1.54, 1.807) is 0 Å². The normalized spacial score (nSPS) is 16.6. The SMILES string of the molecule is Cc1cccc(CCN=C(N)NC2CCCCC2)c1.I. The Kier molecular flexibility index (Phi) is 7.95. The van der Waals surface area contributed by atoms with Crippen molar-refractivity contribution in [2.45, 2.75) is 51.5 Å². The molecule has 0 saturated heterocycles. The Bertz CT molecular complexity index is 425. The topological polar surface area (TPSA) is 50.4 Å². The maximum atomic E-state index is 5.94. The minimum absolute atomic E-state index is 0. The molecule has 0 unspecified atom stereocenters. The number of hydrogen-bond acceptors (Lipinski definition) is 1. The molecule has 0 radical (unpaired) electrons. The van der Waals surface area contributed by atoms with Gasteiger partial charge in [-0.3, -0.25) is 4.99 Å². The van der Waals surface area contributed by atoms with E-state index in [2.05, 4.69) is 41.5 Å². The van der Waals surface area contributed by atoms with E-state index in [0.717, 1.165) is 13.0 Å². The molecule has 0 heterocycles. The average Bonchev–Trinajstić information content (AvgIpc) is 2.40. The van der Waals surface area contributed by atoms with Gasteiger partial charge in [0.1, 0.15) is 0 Å². The zero-order valence-electron chi connectivity index (χ0n) is 12.3. The van der Waals surface area contributed by atoms with Crippen LogP contribution >= 0.6 is 24.0 Å². The third kappa shape index (κ3) is 6.11. The summed E-state index contributed by atoms with van der Waals surface area (Å²) in [4.78, 5) is 4.43. The minimum Gasteiger partial charge on any atom is -0.370 e. The van der Waals surface area contributed by atoms with Crippen LogP contribution in [0.25, 0.3) is 0 Å². The Labute approximate surface area is 139 Å². The first kappa shape index (κ1) is 17.3. The molecule has 2 rings (SSSR count). The van der Waals surface area contributed by atoms with E-state index in [1.807, 2.05) is 0 Å². The fourth-order valence-electron chi connectivity index (χ4n) is 2.67. The van der Waals surface area contributed by atoms with Crippen LogP contribution in [0, 0.1) is 6.92 Å². The van der Waals surface area contributed by atoms with Gasteiger partial charge in [-0.05, 0) is 31.7 Å². The third-order valence-corrected chi connectivity index (χ3v) is 3.72. The first-order valence-corrected chi connectivity index (χ1v) is 7.36. The van der Waals surface area contributed by atoms with Gasteiger partial charge in [0.05, 0.1) is 0 Å². The number of benzene rings is 1. The highest BCUT2D eigenvalue weighted by Crippen LogP contribution is 2.17. The Hall–Kier alpha value is -0.780. The molecule has 20 heavy (non-hydrogen) atoms. The van der Waals surface area contributed by atoms with Crippen molar-refractivity contribution in [2.24, 2.45) is 10.7 Å². The number of rotatable bonds is 4. The van der Waals surface area contributed by atoms with Crippen LogP contribution in [0.3, 0.4) is 0 Å². The molecule has 1 aliphatic rings. The summed E-state index contributed by atoms with van der Waals surface area (Å²) in [7, 11) is 0. The molecule has 0 aromatic heterocycles. The van der Waals surface area contributed by atoms with Crippen LogP contribution in [0.4, 0.5) is 0 Å². The van der Waals surface area contributed by atoms with Crippen molar-refractivity contribution in [1.82, 2.24) is 5.32 Å². The van der Waals surface area contributed by atoms with Crippen LogP contribution in [-0.4, -0.2) is 18.5 Å². The Morgan fingerprint density at radius 3 is 2.75 bits per heavy atom. The minimum atomic E-state index is 0. The van der Waals surface area contributed by atoms with Gasteiger partial charge in [0.25, 0.3) is 0 Å². The van der Waals surface area contributed by atoms with Crippen LogP contribution in [0.2, 0.25) is 0 Å². The van der Waals surface area contributed by atoms with Gasteiger partial charge >= 0.3 is 0 Å². The standard InChI is InChI=1S/C16H25N3.HI/c1-13-6-5-7-14(12-13)10-11-18-16(17)19-15-8-3-2-4-9-15;/h5-7,12,15H,2-4,8-11H2,1H3,(H3,17,18,19);1H. The van der Waals surface area contributed by atoms with Crippen molar-refractivity contribution < 1.29 is 0 Å². The number of nitrogens with one attached hydrogen (secondary N) is 1. The van der Waals surface area contributed by atoms with Gasteiger partial charge < -0.3 is 11.1 Å². The number of nitrogens with two attached hydrogens (primary N) is 1. The second kappa shape index (κ2) is 9.21. The van der Waals surface area contributed by atoms with E-state index in [9.17, 15) is 0 Å². The summed E-state index contributed by atoms with van der Waals surface area (Å²) >= 11 is 0. The Balaban J connectivity index is 0.00000200. The van der Waals surface area contributed by atoms with Gasteiger partial charge in [0.15, 0.2) is 5.96 Å². The molecule has 1 aromatic rings. The molecule has 1 aliphatic carbocycles. The van der Waals surface area contributed by atoms with Crippen LogP contribution in [0.15, 0.2) is 29.3 Å². The van der Waals surface area contributed by atoms with Gasteiger partial charge in [-0.2, -0.15) is 0 Å². The fraction of sp³-hybridized carbons (Fsp3) is 0.562. The van der Waals surface area contributed by atoms with Crippen molar-refractivity contribution in [2.75, 3.05) is 6.54 Å². The van der Waals surface area contributed by atoms with Gasteiger partial charge in [-0.1, -0.05) is 49.1 Å². The molecule has 1 fully saturated rings. The molecule has 3 nitrogen and oxygen atoms in total.